The Balaban J connectivity index is 0.00000341. The minimum Gasteiger partial charge on any atom is -1.00 e. The molecule has 0 saturated carbocycles. The second-order valence-corrected chi connectivity index (χ2v) is 8.25. The van der Waals surface area contributed by atoms with Gasteiger partial charge in [-0.3, -0.25) is 0 Å². The molecule has 11 heteroatoms. The molecule has 0 atom stereocenters. The van der Waals surface area contributed by atoms with Crippen molar-refractivity contribution >= 4 is 35.0 Å². The Labute approximate surface area is 202 Å². The van der Waals surface area contributed by atoms with Crippen LogP contribution in [0.4, 0.5) is 0 Å². The summed E-state index contributed by atoms with van der Waals surface area (Å²) in [6.45, 7) is 4.39. The summed E-state index contributed by atoms with van der Waals surface area (Å²) < 4.78 is 13.4. The first-order chi connectivity index (χ1) is 14.6. The highest BCUT2D eigenvalue weighted by molar-refractivity contribution is 7.99. The molecule has 0 amide bonds. The Kier molecular flexibility index (Phi) is 10.7. The summed E-state index contributed by atoms with van der Waals surface area (Å²) in [6.07, 6.45) is 0. The van der Waals surface area contributed by atoms with Crippen molar-refractivity contribution in [2.75, 3.05) is 18.9 Å². The van der Waals surface area contributed by atoms with Gasteiger partial charge < -0.3 is 27.2 Å². The number of hydrogen-bond donors (Lipinski definition) is 1. The number of hydrogen-bond acceptors (Lipinski definition) is 7. The molecule has 0 bridgehead atoms. The average molecular weight is 504 g/mol. The van der Waals surface area contributed by atoms with Crippen molar-refractivity contribution in [1.82, 2.24) is 25.5 Å². The van der Waals surface area contributed by atoms with Crippen molar-refractivity contribution in [2.45, 2.75) is 25.2 Å². The quantitative estimate of drug-likeness (QED) is 0.313. The van der Waals surface area contributed by atoms with Crippen LogP contribution in [-0.2, 0) is 20.2 Å². The first kappa shape index (κ1) is 25.5. The molecule has 3 rings (SSSR count). The van der Waals surface area contributed by atoms with Gasteiger partial charge in [-0.25, -0.2) is 4.68 Å². The maximum atomic E-state index is 6.23. The monoisotopic (exact) mass is 502 g/mol. The van der Waals surface area contributed by atoms with E-state index in [1.54, 1.807) is 28.6 Å². The number of ether oxygens (including phenoxy) is 2. The number of benzene rings is 2. The van der Waals surface area contributed by atoms with Gasteiger partial charge >= 0.3 is 0 Å². The lowest BCUT2D eigenvalue weighted by molar-refractivity contribution is -0.00000694. The molecule has 0 saturated heterocycles. The molecule has 0 aliphatic carbocycles. The number of rotatable bonds is 11. The second-order valence-electron chi connectivity index (χ2n) is 6.35. The predicted molar refractivity (Wildman–Crippen MR) is 120 cm³/mol. The number of tetrazole rings is 1. The summed E-state index contributed by atoms with van der Waals surface area (Å²) in [5.74, 6) is 2.26. The van der Waals surface area contributed by atoms with E-state index in [4.69, 9.17) is 32.7 Å². The minimum atomic E-state index is 0. The molecule has 1 heterocycles. The summed E-state index contributed by atoms with van der Waals surface area (Å²) in [5.41, 5.74) is 1.98. The lowest BCUT2D eigenvalue weighted by atomic mass is 10.2. The SMILES string of the molecule is CCOc1cc(CNCCSc2nnnn2C)ccc1OCc1ccc(Cl)cc1Cl.[Cl-]. The highest BCUT2D eigenvalue weighted by Gasteiger charge is 2.09. The number of halogens is 3. The molecule has 31 heavy (non-hydrogen) atoms. The van der Waals surface area contributed by atoms with E-state index in [0.29, 0.717) is 34.8 Å². The molecule has 7 nitrogen and oxygen atoms in total. The zero-order valence-electron chi connectivity index (χ0n) is 17.1. The van der Waals surface area contributed by atoms with Crippen LogP contribution in [0.15, 0.2) is 41.6 Å². The van der Waals surface area contributed by atoms with Crippen LogP contribution in [0.2, 0.25) is 10.0 Å². The van der Waals surface area contributed by atoms with Crippen molar-refractivity contribution in [3.63, 3.8) is 0 Å². The van der Waals surface area contributed by atoms with Crippen molar-refractivity contribution in [1.29, 1.82) is 0 Å². The second kappa shape index (κ2) is 13.0. The highest BCUT2D eigenvalue weighted by Crippen LogP contribution is 2.30. The Morgan fingerprint density at radius 2 is 1.94 bits per heavy atom. The maximum absolute atomic E-state index is 6.23. The smallest absolute Gasteiger partial charge is 0.209 e. The molecular weight excluding hydrogens is 481 g/mol. The van der Waals surface area contributed by atoms with Gasteiger partial charge in [-0.2, -0.15) is 0 Å². The molecule has 0 unspecified atom stereocenters. The van der Waals surface area contributed by atoms with Crippen LogP contribution in [0.25, 0.3) is 0 Å². The maximum Gasteiger partial charge on any atom is 0.209 e. The van der Waals surface area contributed by atoms with Gasteiger partial charge in [0, 0.05) is 41.5 Å². The average Bonchev–Trinajstić information content (AvgIpc) is 3.13. The summed E-state index contributed by atoms with van der Waals surface area (Å²) in [5, 5.41) is 16.8. The van der Waals surface area contributed by atoms with Crippen LogP contribution < -0.4 is 27.2 Å². The topological polar surface area (TPSA) is 74.1 Å². The Morgan fingerprint density at radius 1 is 1.10 bits per heavy atom. The first-order valence-corrected chi connectivity index (χ1v) is 11.2. The van der Waals surface area contributed by atoms with E-state index in [-0.39, 0.29) is 12.4 Å². The van der Waals surface area contributed by atoms with Gasteiger partial charge in [-0.1, -0.05) is 47.1 Å². The molecule has 0 radical (unpaired) electrons. The fourth-order valence-electron chi connectivity index (χ4n) is 2.63. The van der Waals surface area contributed by atoms with Crippen LogP contribution in [-0.4, -0.2) is 39.1 Å². The number of thioether (sulfide) groups is 1. The molecule has 0 fully saturated rings. The van der Waals surface area contributed by atoms with E-state index in [1.807, 2.05) is 38.2 Å². The van der Waals surface area contributed by atoms with E-state index in [1.165, 1.54) is 0 Å². The van der Waals surface area contributed by atoms with Crippen molar-refractivity contribution < 1.29 is 21.9 Å². The van der Waals surface area contributed by atoms with Gasteiger partial charge in [0.05, 0.1) is 6.61 Å². The van der Waals surface area contributed by atoms with E-state index in [2.05, 4.69) is 20.8 Å². The largest absolute Gasteiger partial charge is 1.00 e. The summed E-state index contributed by atoms with van der Waals surface area (Å²) in [6, 6.07) is 11.3. The van der Waals surface area contributed by atoms with E-state index < -0.39 is 0 Å². The number of aromatic nitrogens is 4. The Bertz CT molecular complexity index is 974. The fourth-order valence-corrected chi connectivity index (χ4v) is 3.84. The van der Waals surface area contributed by atoms with Crippen LogP contribution in [0.1, 0.15) is 18.1 Å². The zero-order valence-corrected chi connectivity index (χ0v) is 20.2. The standard InChI is InChI=1S/C20H23Cl2N5O2S.ClH/c1-3-28-19-10-14(12-23-8-9-30-20-24-25-26-27(20)2)4-7-18(19)29-13-15-5-6-16(21)11-17(15)22;/h4-7,10-11,23H,3,8-9,12-13H2,1-2H3;1H/p-1. The van der Waals surface area contributed by atoms with E-state index in [9.17, 15) is 0 Å². The van der Waals surface area contributed by atoms with E-state index in [0.717, 1.165) is 35.1 Å². The summed E-state index contributed by atoms with van der Waals surface area (Å²) in [7, 11) is 1.83. The van der Waals surface area contributed by atoms with Gasteiger partial charge in [0.1, 0.15) is 6.61 Å². The van der Waals surface area contributed by atoms with Crippen molar-refractivity contribution in [2.24, 2.45) is 7.05 Å². The van der Waals surface area contributed by atoms with Gasteiger partial charge in [0.2, 0.25) is 5.16 Å². The molecular formula is C20H23Cl3N5O2S-. The van der Waals surface area contributed by atoms with Gasteiger partial charge in [-0.15, -0.1) is 5.10 Å². The van der Waals surface area contributed by atoms with Crippen LogP contribution in [0.3, 0.4) is 0 Å². The summed E-state index contributed by atoms with van der Waals surface area (Å²) in [4.78, 5) is 0. The third kappa shape index (κ3) is 7.73. The fraction of sp³-hybridized carbons (Fsp3) is 0.350. The molecule has 168 valence electrons. The number of nitrogens with zero attached hydrogens (tertiary/aromatic N) is 4. The normalized spacial score (nSPS) is 10.6. The van der Waals surface area contributed by atoms with Crippen molar-refractivity contribution in [3.8, 4) is 11.5 Å². The van der Waals surface area contributed by atoms with Gasteiger partial charge in [0.15, 0.2) is 11.5 Å². The molecule has 0 aliphatic rings. The zero-order chi connectivity index (χ0) is 21.3. The highest BCUT2D eigenvalue weighted by atomic mass is 35.5. The predicted octanol–water partition coefficient (Wildman–Crippen LogP) is 1.38. The van der Waals surface area contributed by atoms with Crippen LogP contribution in [0, 0.1) is 0 Å². The Hall–Kier alpha value is -1.71. The molecule has 1 aromatic heterocycles. The number of nitrogens with one attached hydrogen (secondary N) is 1. The third-order valence-corrected chi connectivity index (χ3v) is 5.73. The third-order valence-electron chi connectivity index (χ3n) is 4.13. The summed E-state index contributed by atoms with van der Waals surface area (Å²) >= 11 is 13.8. The van der Waals surface area contributed by atoms with Gasteiger partial charge in [0.25, 0.3) is 0 Å². The van der Waals surface area contributed by atoms with Crippen LogP contribution >= 0.6 is 35.0 Å². The van der Waals surface area contributed by atoms with Gasteiger partial charge in [-0.05, 0) is 47.2 Å². The molecule has 1 N–H and O–H groups in total. The van der Waals surface area contributed by atoms with E-state index >= 15 is 0 Å². The Morgan fingerprint density at radius 3 is 2.65 bits per heavy atom. The number of aryl methyl sites for hydroxylation is 1. The molecule has 0 aliphatic heterocycles. The molecule has 0 spiro atoms. The minimum absolute atomic E-state index is 0. The van der Waals surface area contributed by atoms with Crippen molar-refractivity contribution in [3.05, 3.63) is 57.6 Å². The lowest BCUT2D eigenvalue weighted by Gasteiger charge is -2.14. The van der Waals surface area contributed by atoms with Crippen LogP contribution in [0.5, 0.6) is 11.5 Å². The molecule has 3 aromatic rings. The first-order valence-electron chi connectivity index (χ1n) is 9.45. The lowest BCUT2D eigenvalue weighted by Crippen LogP contribution is -3.00. The molecule has 2 aromatic carbocycles.